The van der Waals surface area contributed by atoms with E-state index in [1.807, 2.05) is 23.9 Å². The van der Waals surface area contributed by atoms with E-state index in [0.717, 1.165) is 12.3 Å². The van der Waals surface area contributed by atoms with E-state index in [-0.39, 0.29) is 0 Å². The van der Waals surface area contributed by atoms with Crippen LogP contribution in [0.3, 0.4) is 0 Å². The molecule has 0 amide bonds. The number of nitrogens with zero attached hydrogens (tertiary/aromatic N) is 1. The Labute approximate surface area is 101 Å². The highest BCUT2D eigenvalue weighted by atomic mass is 32.2. The number of ether oxygens (including phenoxy) is 1. The minimum atomic E-state index is 0.655. The van der Waals surface area contributed by atoms with E-state index in [2.05, 4.69) is 17.0 Å². The Hall–Kier alpha value is -0.870. The zero-order valence-electron chi connectivity index (χ0n) is 9.56. The number of hydrogen-bond acceptors (Lipinski definition) is 4. The van der Waals surface area contributed by atoms with Gasteiger partial charge in [-0.1, -0.05) is 0 Å². The van der Waals surface area contributed by atoms with Gasteiger partial charge in [-0.2, -0.15) is 11.8 Å². The Bertz CT molecular complexity index is 324. The standard InChI is InChI=1S/C12H18N2OS/c1-15-12-4-2-10(3-5-12)14(7-6-13)11-8-16-9-11/h2-5,11H,6-9,13H2,1H3. The molecule has 3 nitrogen and oxygen atoms in total. The minimum Gasteiger partial charge on any atom is -0.497 e. The SMILES string of the molecule is COc1ccc(N(CCN)C2CSC2)cc1. The van der Waals surface area contributed by atoms with Crippen LogP contribution < -0.4 is 15.4 Å². The van der Waals surface area contributed by atoms with Crippen molar-refractivity contribution in [1.82, 2.24) is 0 Å². The van der Waals surface area contributed by atoms with Gasteiger partial charge >= 0.3 is 0 Å². The van der Waals surface area contributed by atoms with Gasteiger partial charge in [0.05, 0.1) is 7.11 Å². The lowest BCUT2D eigenvalue weighted by atomic mass is 10.2. The molecule has 1 aliphatic heterocycles. The van der Waals surface area contributed by atoms with Gasteiger partial charge in [-0.3, -0.25) is 0 Å². The highest BCUT2D eigenvalue weighted by Crippen LogP contribution is 2.28. The average Bonchev–Trinajstić information content (AvgIpc) is 2.26. The van der Waals surface area contributed by atoms with Gasteiger partial charge in [0.1, 0.15) is 5.75 Å². The monoisotopic (exact) mass is 238 g/mol. The van der Waals surface area contributed by atoms with Gasteiger partial charge in [0.2, 0.25) is 0 Å². The minimum absolute atomic E-state index is 0.655. The molecule has 2 N–H and O–H groups in total. The number of nitrogens with two attached hydrogens (primary N) is 1. The molecule has 1 saturated heterocycles. The van der Waals surface area contributed by atoms with Gasteiger partial charge in [-0.05, 0) is 24.3 Å². The van der Waals surface area contributed by atoms with Crippen molar-refractivity contribution < 1.29 is 4.74 Å². The van der Waals surface area contributed by atoms with Crippen molar-refractivity contribution in [2.24, 2.45) is 5.73 Å². The molecule has 0 saturated carbocycles. The predicted octanol–water partition coefficient (Wildman–Crippen LogP) is 1.58. The summed E-state index contributed by atoms with van der Waals surface area (Å²) in [5.41, 5.74) is 6.91. The second-order valence-corrected chi connectivity index (χ2v) is 4.95. The molecule has 4 heteroatoms. The first-order valence-electron chi connectivity index (χ1n) is 5.53. The highest BCUT2D eigenvalue weighted by molar-refractivity contribution is 8.00. The van der Waals surface area contributed by atoms with Crippen molar-refractivity contribution in [3.8, 4) is 5.75 Å². The molecule has 1 heterocycles. The molecule has 2 rings (SSSR count). The van der Waals surface area contributed by atoms with Gasteiger partial charge in [-0.15, -0.1) is 0 Å². The number of anilines is 1. The summed E-state index contributed by atoms with van der Waals surface area (Å²) >= 11 is 1.99. The second-order valence-electron chi connectivity index (χ2n) is 3.87. The summed E-state index contributed by atoms with van der Waals surface area (Å²) in [7, 11) is 1.69. The Morgan fingerprint density at radius 2 is 2.06 bits per heavy atom. The number of rotatable bonds is 5. The Balaban J connectivity index is 2.10. The largest absolute Gasteiger partial charge is 0.497 e. The Morgan fingerprint density at radius 3 is 2.50 bits per heavy atom. The molecule has 88 valence electrons. The van der Waals surface area contributed by atoms with Crippen molar-refractivity contribution in [2.75, 3.05) is 36.6 Å². The summed E-state index contributed by atoms with van der Waals surface area (Å²) in [6.45, 7) is 1.63. The van der Waals surface area contributed by atoms with Crippen LogP contribution in [-0.2, 0) is 0 Å². The highest BCUT2D eigenvalue weighted by Gasteiger charge is 2.25. The first-order chi connectivity index (χ1) is 7.85. The van der Waals surface area contributed by atoms with Crippen molar-refractivity contribution in [1.29, 1.82) is 0 Å². The predicted molar refractivity (Wildman–Crippen MR) is 70.5 cm³/mol. The quantitative estimate of drug-likeness (QED) is 0.845. The van der Waals surface area contributed by atoms with Crippen LogP contribution in [-0.4, -0.2) is 37.7 Å². The fourth-order valence-electron chi connectivity index (χ4n) is 1.84. The molecule has 0 bridgehead atoms. The molecule has 1 aliphatic rings. The number of methoxy groups -OCH3 is 1. The normalized spacial score (nSPS) is 15.6. The van der Waals surface area contributed by atoms with Gasteiger partial charge < -0.3 is 15.4 Å². The molecule has 1 aromatic carbocycles. The van der Waals surface area contributed by atoms with Crippen molar-refractivity contribution in [3.05, 3.63) is 24.3 Å². The van der Waals surface area contributed by atoms with E-state index in [1.165, 1.54) is 17.2 Å². The van der Waals surface area contributed by atoms with Crippen LogP contribution in [0.15, 0.2) is 24.3 Å². The van der Waals surface area contributed by atoms with Gasteiger partial charge in [0.25, 0.3) is 0 Å². The van der Waals surface area contributed by atoms with Gasteiger partial charge in [-0.25, -0.2) is 0 Å². The number of hydrogen-bond donors (Lipinski definition) is 1. The van der Waals surface area contributed by atoms with Crippen molar-refractivity contribution in [2.45, 2.75) is 6.04 Å². The molecule has 0 spiro atoms. The molecule has 1 fully saturated rings. The van der Waals surface area contributed by atoms with Gasteiger partial charge in [0.15, 0.2) is 0 Å². The van der Waals surface area contributed by atoms with E-state index in [9.17, 15) is 0 Å². The maximum Gasteiger partial charge on any atom is 0.119 e. The molecular weight excluding hydrogens is 220 g/mol. The average molecular weight is 238 g/mol. The summed E-state index contributed by atoms with van der Waals surface area (Å²) in [6, 6.07) is 8.88. The summed E-state index contributed by atoms with van der Waals surface area (Å²) < 4.78 is 5.16. The molecule has 16 heavy (non-hydrogen) atoms. The smallest absolute Gasteiger partial charge is 0.119 e. The first kappa shape index (κ1) is 11.6. The molecular formula is C12H18N2OS. The summed E-state index contributed by atoms with van der Waals surface area (Å²) in [5.74, 6) is 3.33. The zero-order valence-corrected chi connectivity index (χ0v) is 10.4. The summed E-state index contributed by atoms with van der Waals surface area (Å²) in [4.78, 5) is 2.40. The van der Waals surface area contributed by atoms with Crippen LogP contribution in [0.4, 0.5) is 5.69 Å². The zero-order chi connectivity index (χ0) is 11.4. The number of thioether (sulfide) groups is 1. The fraction of sp³-hybridized carbons (Fsp3) is 0.500. The van der Waals surface area contributed by atoms with Crippen LogP contribution in [0, 0.1) is 0 Å². The fourth-order valence-corrected chi connectivity index (χ4v) is 2.64. The Kier molecular flexibility index (Phi) is 3.96. The Morgan fingerprint density at radius 1 is 1.38 bits per heavy atom. The summed E-state index contributed by atoms with van der Waals surface area (Å²) in [5, 5.41) is 0. The third kappa shape index (κ3) is 2.44. The molecule has 0 atom stereocenters. The first-order valence-corrected chi connectivity index (χ1v) is 6.69. The molecule has 1 aromatic rings. The lowest BCUT2D eigenvalue weighted by Gasteiger charge is -2.38. The molecule has 0 radical (unpaired) electrons. The van der Waals surface area contributed by atoms with E-state index in [4.69, 9.17) is 10.5 Å². The third-order valence-electron chi connectivity index (χ3n) is 2.84. The second kappa shape index (κ2) is 5.46. The van der Waals surface area contributed by atoms with E-state index >= 15 is 0 Å². The van der Waals surface area contributed by atoms with E-state index in [1.54, 1.807) is 7.11 Å². The van der Waals surface area contributed by atoms with Crippen LogP contribution in [0.5, 0.6) is 5.75 Å². The maximum absolute atomic E-state index is 5.67. The van der Waals surface area contributed by atoms with E-state index < -0.39 is 0 Å². The number of benzene rings is 1. The molecule has 0 aliphatic carbocycles. The van der Waals surface area contributed by atoms with Crippen LogP contribution in [0.2, 0.25) is 0 Å². The van der Waals surface area contributed by atoms with Gasteiger partial charge in [0, 0.05) is 36.3 Å². The lowest BCUT2D eigenvalue weighted by Crippen LogP contribution is -2.46. The van der Waals surface area contributed by atoms with E-state index in [0.29, 0.717) is 12.6 Å². The van der Waals surface area contributed by atoms with Crippen LogP contribution in [0.1, 0.15) is 0 Å². The topological polar surface area (TPSA) is 38.5 Å². The third-order valence-corrected chi connectivity index (χ3v) is 4.08. The summed E-state index contributed by atoms with van der Waals surface area (Å²) in [6.07, 6.45) is 0. The molecule has 0 unspecified atom stereocenters. The maximum atomic E-state index is 5.67. The van der Waals surface area contributed by atoms with Crippen LogP contribution >= 0.6 is 11.8 Å². The molecule has 0 aromatic heterocycles. The van der Waals surface area contributed by atoms with Crippen molar-refractivity contribution in [3.63, 3.8) is 0 Å². The lowest BCUT2D eigenvalue weighted by molar-refractivity contribution is 0.415. The van der Waals surface area contributed by atoms with Crippen molar-refractivity contribution >= 4 is 17.4 Å². The van der Waals surface area contributed by atoms with Crippen LogP contribution in [0.25, 0.3) is 0 Å².